The number of benzene rings is 1. The van der Waals surface area contributed by atoms with Crippen LogP contribution in [0.3, 0.4) is 0 Å². The molecule has 1 N–H and O–H groups in total. The molecule has 1 heterocycles. The summed E-state index contributed by atoms with van der Waals surface area (Å²) < 4.78 is 29.3. The Hall–Kier alpha value is -1.75. The minimum Gasteiger partial charge on any atom is -0.312 e. The van der Waals surface area contributed by atoms with Gasteiger partial charge in [-0.15, -0.1) is 0 Å². The highest BCUT2D eigenvalue weighted by atomic mass is 19.1. The van der Waals surface area contributed by atoms with E-state index >= 15 is 0 Å². The summed E-state index contributed by atoms with van der Waals surface area (Å²) in [5, 5.41) is 7.46. The monoisotopic (exact) mass is 279 g/mol. The third-order valence-corrected chi connectivity index (χ3v) is 2.97. The highest BCUT2D eigenvalue weighted by molar-refractivity contribution is 5.64. The molecule has 0 atom stereocenters. The maximum atomic E-state index is 13.9. The molecular formula is C15H19F2N3. The maximum Gasteiger partial charge on any atom is 0.135 e. The third-order valence-electron chi connectivity index (χ3n) is 2.97. The van der Waals surface area contributed by atoms with Gasteiger partial charge < -0.3 is 5.32 Å². The standard InChI is InChI=1S/C15H19F2N3/c1-10(2)7-18-8-11-9-20(3)19-15(11)14-12(16)5-4-6-13(14)17/h4-6,9-10,18H,7-8H2,1-3H3. The molecule has 5 heteroatoms. The van der Waals surface area contributed by atoms with Crippen molar-refractivity contribution in [3.05, 3.63) is 41.6 Å². The highest BCUT2D eigenvalue weighted by Gasteiger charge is 2.18. The van der Waals surface area contributed by atoms with Crippen molar-refractivity contribution >= 4 is 0 Å². The summed E-state index contributed by atoms with van der Waals surface area (Å²) in [4.78, 5) is 0. The Bertz CT molecular complexity index is 571. The molecule has 0 saturated heterocycles. The average molecular weight is 279 g/mol. The first kappa shape index (κ1) is 14.7. The van der Waals surface area contributed by atoms with Crippen LogP contribution in [0.1, 0.15) is 19.4 Å². The van der Waals surface area contributed by atoms with Gasteiger partial charge in [0.2, 0.25) is 0 Å². The van der Waals surface area contributed by atoms with Gasteiger partial charge in [-0.25, -0.2) is 8.78 Å². The molecule has 3 nitrogen and oxygen atoms in total. The zero-order valence-corrected chi connectivity index (χ0v) is 12.0. The largest absolute Gasteiger partial charge is 0.312 e. The third kappa shape index (κ3) is 3.22. The lowest BCUT2D eigenvalue weighted by Crippen LogP contribution is -2.19. The van der Waals surface area contributed by atoms with Gasteiger partial charge in [0.1, 0.15) is 17.3 Å². The molecule has 0 aliphatic carbocycles. The Morgan fingerprint density at radius 2 is 1.90 bits per heavy atom. The van der Waals surface area contributed by atoms with Crippen LogP contribution in [0.15, 0.2) is 24.4 Å². The van der Waals surface area contributed by atoms with E-state index in [1.165, 1.54) is 18.2 Å². The summed E-state index contributed by atoms with van der Waals surface area (Å²) in [5.74, 6) is -0.664. The number of aromatic nitrogens is 2. The van der Waals surface area contributed by atoms with Gasteiger partial charge in [0.25, 0.3) is 0 Å². The van der Waals surface area contributed by atoms with E-state index in [1.54, 1.807) is 17.9 Å². The molecule has 0 bridgehead atoms. The smallest absolute Gasteiger partial charge is 0.135 e. The van der Waals surface area contributed by atoms with E-state index in [0.717, 1.165) is 12.1 Å². The topological polar surface area (TPSA) is 29.9 Å². The van der Waals surface area contributed by atoms with E-state index in [4.69, 9.17) is 0 Å². The Morgan fingerprint density at radius 1 is 1.25 bits per heavy atom. The van der Waals surface area contributed by atoms with Gasteiger partial charge >= 0.3 is 0 Å². The quantitative estimate of drug-likeness (QED) is 0.911. The number of halogens is 2. The summed E-state index contributed by atoms with van der Waals surface area (Å²) in [6, 6.07) is 3.85. The summed E-state index contributed by atoms with van der Waals surface area (Å²) in [5.41, 5.74) is 1.09. The Kier molecular flexibility index (Phi) is 4.49. The molecule has 0 aliphatic heterocycles. The predicted octanol–water partition coefficient (Wildman–Crippen LogP) is 3.11. The zero-order valence-electron chi connectivity index (χ0n) is 12.0. The first-order chi connectivity index (χ1) is 9.49. The molecule has 0 aliphatic rings. The molecule has 0 amide bonds. The SMILES string of the molecule is CC(C)CNCc1cn(C)nc1-c1c(F)cccc1F. The molecular weight excluding hydrogens is 260 g/mol. The maximum absolute atomic E-state index is 13.9. The van der Waals surface area contributed by atoms with Gasteiger partial charge in [0, 0.05) is 25.4 Å². The molecule has 0 saturated carbocycles. The lowest BCUT2D eigenvalue weighted by Gasteiger charge is -2.08. The molecule has 20 heavy (non-hydrogen) atoms. The van der Waals surface area contributed by atoms with E-state index in [1.807, 2.05) is 0 Å². The van der Waals surface area contributed by atoms with Crippen LogP contribution in [0.2, 0.25) is 0 Å². The number of aryl methyl sites for hydroxylation is 1. The summed E-state index contributed by atoms with van der Waals surface area (Å²) in [6.07, 6.45) is 1.79. The highest BCUT2D eigenvalue weighted by Crippen LogP contribution is 2.27. The molecule has 1 aromatic carbocycles. The Morgan fingerprint density at radius 3 is 2.50 bits per heavy atom. The van der Waals surface area contributed by atoms with E-state index < -0.39 is 11.6 Å². The lowest BCUT2D eigenvalue weighted by atomic mass is 10.1. The second-order valence-electron chi connectivity index (χ2n) is 5.30. The number of hydrogen-bond acceptors (Lipinski definition) is 2. The van der Waals surface area contributed by atoms with Crippen LogP contribution in [0.25, 0.3) is 11.3 Å². The number of hydrogen-bond donors (Lipinski definition) is 1. The van der Waals surface area contributed by atoms with Crippen molar-refractivity contribution in [3.63, 3.8) is 0 Å². The van der Waals surface area contributed by atoms with Gasteiger partial charge in [-0.1, -0.05) is 19.9 Å². The average Bonchev–Trinajstić information content (AvgIpc) is 2.70. The van der Waals surface area contributed by atoms with Crippen molar-refractivity contribution in [2.45, 2.75) is 20.4 Å². The van der Waals surface area contributed by atoms with Crippen LogP contribution in [-0.2, 0) is 13.6 Å². The molecule has 2 aromatic rings. The van der Waals surface area contributed by atoms with Gasteiger partial charge in [0.15, 0.2) is 0 Å². The minimum absolute atomic E-state index is 0.0607. The van der Waals surface area contributed by atoms with Gasteiger partial charge in [-0.05, 0) is 24.6 Å². The molecule has 2 rings (SSSR count). The molecule has 0 unspecified atom stereocenters. The van der Waals surface area contributed by atoms with Crippen LogP contribution in [0.5, 0.6) is 0 Å². The van der Waals surface area contributed by atoms with Crippen molar-refractivity contribution in [2.75, 3.05) is 6.54 Å². The number of nitrogens with zero attached hydrogens (tertiary/aromatic N) is 2. The number of rotatable bonds is 5. The van der Waals surface area contributed by atoms with E-state index in [0.29, 0.717) is 18.2 Å². The summed E-state index contributed by atoms with van der Waals surface area (Å²) in [7, 11) is 1.74. The van der Waals surface area contributed by atoms with E-state index in [2.05, 4.69) is 24.3 Å². The molecule has 108 valence electrons. The van der Waals surface area contributed by atoms with Crippen LogP contribution in [0.4, 0.5) is 8.78 Å². The predicted molar refractivity (Wildman–Crippen MR) is 75.1 cm³/mol. The lowest BCUT2D eigenvalue weighted by molar-refractivity contribution is 0.551. The van der Waals surface area contributed by atoms with Crippen molar-refractivity contribution in [3.8, 4) is 11.3 Å². The Labute approximate surface area is 117 Å². The summed E-state index contributed by atoms with van der Waals surface area (Å²) in [6.45, 7) is 5.59. The van der Waals surface area contributed by atoms with E-state index in [-0.39, 0.29) is 5.56 Å². The van der Waals surface area contributed by atoms with Gasteiger partial charge in [-0.3, -0.25) is 4.68 Å². The van der Waals surface area contributed by atoms with Crippen LogP contribution >= 0.6 is 0 Å². The zero-order chi connectivity index (χ0) is 14.7. The van der Waals surface area contributed by atoms with Crippen LogP contribution < -0.4 is 5.32 Å². The van der Waals surface area contributed by atoms with Crippen molar-refractivity contribution in [1.82, 2.24) is 15.1 Å². The summed E-state index contributed by atoms with van der Waals surface area (Å²) >= 11 is 0. The number of nitrogens with one attached hydrogen (secondary N) is 1. The minimum atomic E-state index is -0.589. The molecule has 0 spiro atoms. The normalized spacial score (nSPS) is 11.3. The molecule has 0 fully saturated rings. The van der Waals surface area contributed by atoms with E-state index in [9.17, 15) is 8.78 Å². The van der Waals surface area contributed by atoms with Crippen molar-refractivity contribution < 1.29 is 8.78 Å². The fraction of sp³-hybridized carbons (Fsp3) is 0.400. The first-order valence-electron chi connectivity index (χ1n) is 6.66. The second kappa shape index (κ2) is 6.13. The first-order valence-corrected chi connectivity index (χ1v) is 6.66. The van der Waals surface area contributed by atoms with Crippen molar-refractivity contribution in [1.29, 1.82) is 0 Å². The fourth-order valence-corrected chi connectivity index (χ4v) is 2.10. The van der Waals surface area contributed by atoms with Crippen LogP contribution in [-0.4, -0.2) is 16.3 Å². The second-order valence-corrected chi connectivity index (χ2v) is 5.30. The Balaban J connectivity index is 2.32. The van der Waals surface area contributed by atoms with Gasteiger partial charge in [0.05, 0.1) is 5.56 Å². The van der Waals surface area contributed by atoms with Crippen molar-refractivity contribution in [2.24, 2.45) is 13.0 Å². The van der Waals surface area contributed by atoms with Crippen LogP contribution in [0, 0.1) is 17.6 Å². The molecule has 1 aromatic heterocycles. The fourth-order valence-electron chi connectivity index (χ4n) is 2.10. The molecule has 0 radical (unpaired) electrons. The van der Waals surface area contributed by atoms with Gasteiger partial charge in [-0.2, -0.15) is 5.10 Å².